The zero-order valence-electron chi connectivity index (χ0n) is 12.8. The van der Waals surface area contributed by atoms with Crippen LogP contribution < -0.4 is 5.32 Å². The summed E-state index contributed by atoms with van der Waals surface area (Å²) in [4.78, 5) is 0.309. The number of benzene rings is 1. The molecule has 0 saturated heterocycles. The number of aliphatic hydroxyl groups excluding tert-OH is 1. The Morgan fingerprint density at radius 1 is 1.19 bits per heavy atom. The van der Waals surface area contributed by atoms with Gasteiger partial charge in [-0.2, -0.15) is 0 Å². The fourth-order valence-corrected chi connectivity index (χ4v) is 3.62. The van der Waals surface area contributed by atoms with Crippen LogP contribution >= 0.6 is 0 Å². The molecule has 1 saturated carbocycles. The van der Waals surface area contributed by atoms with E-state index in [-0.39, 0.29) is 6.61 Å². The monoisotopic (exact) mass is 311 g/mol. The Morgan fingerprint density at radius 3 is 2.24 bits per heavy atom. The van der Waals surface area contributed by atoms with E-state index in [1.165, 1.54) is 25.5 Å². The highest BCUT2D eigenvalue weighted by molar-refractivity contribution is 7.90. The van der Waals surface area contributed by atoms with Gasteiger partial charge in [0.1, 0.15) is 0 Å². The summed E-state index contributed by atoms with van der Waals surface area (Å²) in [5.74, 6) is 0. The van der Waals surface area contributed by atoms with Gasteiger partial charge in [0.15, 0.2) is 9.84 Å². The SMILES string of the molecule is CC(CO)(NC1CCCCC1)c1ccc(S(C)(=O)=O)cc1. The maximum absolute atomic E-state index is 11.5. The van der Waals surface area contributed by atoms with E-state index in [1.807, 2.05) is 6.92 Å². The molecular weight excluding hydrogens is 286 g/mol. The van der Waals surface area contributed by atoms with Crippen molar-refractivity contribution in [3.63, 3.8) is 0 Å². The molecule has 1 aliphatic rings. The molecule has 0 heterocycles. The molecule has 1 aliphatic carbocycles. The molecule has 0 aliphatic heterocycles. The molecule has 1 unspecified atom stereocenters. The molecule has 21 heavy (non-hydrogen) atoms. The van der Waals surface area contributed by atoms with Gasteiger partial charge in [-0.15, -0.1) is 0 Å². The molecular formula is C16H25NO3S. The minimum Gasteiger partial charge on any atom is -0.394 e. The first-order valence-corrected chi connectivity index (χ1v) is 9.43. The van der Waals surface area contributed by atoms with E-state index in [2.05, 4.69) is 5.32 Å². The third-order valence-corrected chi connectivity index (χ3v) is 5.49. The maximum Gasteiger partial charge on any atom is 0.175 e. The average Bonchev–Trinajstić information content (AvgIpc) is 2.47. The van der Waals surface area contributed by atoms with Crippen LogP contribution in [0, 0.1) is 0 Å². The van der Waals surface area contributed by atoms with E-state index < -0.39 is 15.4 Å². The summed E-state index contributed by atoms with van der Waals surface area (Å²) in [6, 6.07) is 7.23. The molecule has 2 rings (SSSR count). The van der Waals surface area contributed by atoms with Crippen molar-refractivity contribution in [2.24, 2.45) is 0 Å². The first kappa shape index (κ1) is 16.5. The lowest BCUT2D eigenvalue weighted by Crippen LogP contribution is -2.49. The Morgan fingerprint density at radius 2 is 1.76 bits per heavy atom. The number of hydrogen-bond donors (Lipinski definition) is 2. The van der Waals surface area contributed by atoms with Crippen LogP contribution in [-0.4, -0.2) is 32.4 Å². The molecule has 0 aromatic heterocycles. The summed E-state index contributed by atoms with van der Waals surface area (Å²) < 4.78 is 23.0. The second-order valence-electron chi connectivity index (χ2n) is 6.27. The lowest BCUT2D eigenvalue weighted by Gasteiger charge is -2.36. The summed E-state index contributed by atoms with van der Waals surface area (Å²) >= 11 is 0. The van der Waals surface area contributed by atoms with Gasteiger partial charge in [0.05, 0.1) is 17.0 Å². The molecule has 1 fully saturated rings. The minimum absolute atomic E-state index is 0.0122. The van der Waals surface area contributed by atoms with Crippen molar-refractivity contribution in [2.45, 2.75) is 55.5 Å². The van der Waals surface area contributed by atoms with Crippen LogP contribution in [0.3, 0.4) is 0 Å². The van der Waals surface area contributed by atoms with Gasteiger partial charge in [-0.05, 0) is 37.5 Å². The smallest absolute Gasteiger partial charge is 0.175 e. The molecule has 1 aromatic carbocycles. The van der Waals surface area contributed by atoms with Crippen LogP contribution in [0.5, 0.6) is 0 Å². The minimum atomic E-state index is -3.18. The van der Waals surface area contributed by atoms with Gasteiger partial charge < -0.3 is 10.4 Å². The van der Waals surface area contributed by atoms with E-state index in [0.717, 1.165) is 18.4 Å². The van der Waals surface area contributed by atoms with E-state index in [1.54, 1.807) is 24.3 Å². The van der Waals surface area contributed by atoms with Gasteiger partial charge in [-0.1, -0.05) is 31.4 Å². The van der Waals surface area contributed by atoms with Crippen molar-refractivity contribution in [2.75, 3.05) is 12.9 Å². The first-order chi connectivity index (χ1) is 9.85. The molecule has 1 aromatic rings. The summed E-state index contributed by atoms with van der Waals surface area (Å²) in [5, 5.41) is 13.4. The molecule has 5 heteroatoms. The first-order valence-electron chi connectivity index (χ1n) is 7.54. The van der Waals surface area contributed by atoms with Crippen LogP contribution in [0.25, 0.3) is 0 Å². The third kappa shape index (κ3) is 4.05. The van der Waals surface area contributed by atoms with E-state index >= 15 is 0 Å². The van der Waals surface area contributed by atoms with Gasteiger partial charge in [0.25, 0.3) is 0 Å². The summed E-state index contributed by atoms with van der Waals surface area (Å²) in [7, 11) is -3.18. The zero-order chi connectivity index (χ0) is 15.5. The fraction of sp³-hybridized carbons (Fsp3) is 0.625. The molecule has 4 nitrogen and oxygen atoms in total. The number of rotatable bonds is 5. The van der Waals surface area contributed by atoms with Crippen LogP contribution in [0.1, 0.15) is 44.6 Å². The lowest BCUT2D eigenvalue weighted by atomic mass is 9.88. The van der Waals surface area contributed by atoms with Crippen LogP contribution in [0.2, 0.25) is 0 Å². The van der Waals surface area contributed by atoms with Crippen molar-refractivity contribution in [3.05, 3.63) is 29.8 Å². The van der Waals surface area contributed by atoms with Crippen molar-refractivity contribution < 1.29 is 13.5 Å². The van der Waals surface area contributed by atoms with Gasteiger partial charge in [0.2, 0.25) is 0 Å². The quantitative estimate of drug-likeness (QED) is 0.875. The molecule has 0 bridgehead atoms. The standard InChI is InChI=1S/C16H25NO3S/c1-16(12-18,17-14-6-4-3-5-7-14)13-8-10-15(11-9-13)21(2,19)20/h8-11,14,17-18H,3-7,12H2,1-2H3. The fourth-order valence-electron chi connectivity index (χ4n) is 2.99. The summed E-state index contributed by atoms with van der Waals surface area (Å²) in [6.45, 7) is 1.96. The highest BCUT2D eigenvalue weighted by Gasteiger charge is 2.29. The average molecular weight is 311 g/mol. The van der Waals surface area contributed by atoms with Crippen LogP contribution in [0.4, 0.5) is 0 Å². The molecule has 1 atom stereocenters. The molecule has 0 radical (unpaired) electrons. The van der Waals surface area contributed by atoms with Gasteiger partial charge in [-0.3, -0.25) is 0 Å². The van der Waals surface area contributed by atoms with E-state index in [9.17, 15) is 13.5 Å². The number of hydrogen-bond acceptors (Lipinski definition) is 4. The van der Waals surface area contributed by atoms with E-state index in [0.29, 0.717) is 10.9 Å². The Bertz CT molecular complexity index is 562. The maximum atomic E-state index is 11.5. The number of sulfone groups is 1. The molecule has 0 amide bonds. The van der Waals surface area contributed by atoms with Crippen molar-refractivity contribution in [1.29, 1.82) is 0 Å². The summed E-state index contributed by atoms with van der Waals surface area (Å²) in [5.41, 5.74) is 0.390. The molecule has 2 N–H and O–H groups in total. The highest BCUT2D eigenvalue weighted by Crippen LogP contribution is 2.26. The van der Waals surface area contributed by atoms with Crippen LogP contribution in [-0.2, 0) is 15.4 Å². The number of aliphatic hydroxyl groups is 1. The normalized spacial score (nSPS) is 20.1. The Hall–Kier alpha value is -0.910. The van der Waals surface area contributed by atoms with Crippen molar-refractivity contribution >= 4 is 9.84 Å². The number of nitrogens with one attached hydrogen (secondary N) is 1. The van der Waals surface area contributed by atoms with E-state index in [4.69, 9.17) is 0 Å². The largest absolute Gasteiger partial charge is 0.394 e. The third-order valence-electron chi connectivity index (χ3n) is 4.36. The van der Waals surface area contributed by atoms with Crippen molar-refractivity contribution in [3.8, 4) is 0 Å². The Balaban J connectivity index is 2.18. The predicted molar refractivity (Wildman–Crippen MR) is 84.0 cm³/mol. The van der Waals surface area contributed by atoms with Crippen LogP contribution in [0.15, 0.2) is 29.2 Å². The van der Waals surface area contributed by atoms with Crippen molar-refractivity contribution in [1.82, 2.24) is 5.32 Å². The molecule has 118 valence electrons. The van der Waals surface area contributed by atoms with Gasteiger partial charge in [-0.25, -0.2) is 8.42 Å². The topological polar surface area (TPSA) is 66.4 Å². The Kier molecular flexibility index (Phi) is 5.07. The Labute approximate surface area is 127 Å². The zero-order valence-corrected chi connectivity index (χ0v) is 13.6. The molecule has 0 spiro atoms. The summed E-state index contributed by atoms with van der Waals surface area (Å²) in [6.07, 6.45) is 7.22. The highest BCUT2D eigenvalue weighted by atomic mass is 32.2. The lowest BCUT2D eigenvalue weighted by molar-refractivity contribution is 0.150. The predicted octanol–water partition coefficient (Wildman–Crippen LogP) is 2.22. The second-order valence-corrected chi connectivity index (χ2v) is 8.28. The second kappa shape index (κ2) is 6.46. The van der Waals surface area contributed by atoms with Gasteiger partial charge in [0, 0.05) is 12.3 Å². The van der Waals surface area contributed by atoms with Gasteiger partial charge >= 0.3 is 0 Å².